The van der Waals surface area contributed by atoms with Crippen LogP contribution < -0.4 is 4.74 Å². The maximum Gasteiger partial charge on any atom is 0.508 e. The number of carboxylic acids is 1. The molecule has 6 rings (SSSR count). The molecule has 3 aromatic carbocycles. The van der Waals surface area contributed by atoms with E-state index in [-0.39, 0.29) is 18.3 Å². The molecule has 2 aromatic heterocycles. The summed E-state index contributed by atoms with van der Waals surface area (Å²) in [4.78, 5) is 29.3. The summed E-state index contributed by atoms with van der Waals surface area (Å²) < 4.78 is 18.5. The van der Waals surface area contributed by atoms with Gasteiger partial charge in [-0.1, -0.05) is 61.0 Å². The summed E-state index contributed by atoms with van der Waals surface area (Å²) in [5, 5.41) is 24.4. The van der Waals surface area contributed by atoms with Crippen molar-refractivity contribution in [2.24, 2.45) is 0 Å². The number of imidazole rings is 1. The number of ether oxygens (including phenoxy) is 3. The Labute approximate surface area is 259 Å². The molecule has 2 N–H and O–H groups in total. The van der Waals surface area contributed by atoms with Crippen LogP contribution in [0.1, 0.15) is 60.5 Å². The summed E-state index contributed by atoms with van der Waals surface area (Å²) in [5.41, 5.74) is 5.53. The molecule has 0 bridgehead atoms. The third-order valence-corrected chi connectivity index (χ3v) is 7.99. The van der Waals surface area contributed by atoms with Crippen molar-refractivity contribution >= 4 is 23.2 Å². The van der Waals surface area contributed by atoms with Gasteiger partial charge in [-0.3, -0.25) is 4.57 Å². The number of carboxylic acid groups (broad SMARTS) is 1. The van der Waals surface area contributed by atoms with Crippen LogP contribution in [0.2, 0.25) is 0 Å². The van der Waals surface area contributed by atoms with Crippen molar-refractivity contribution in [2.45, 2.75) is 58.1 Å². The van der Waals surface area contributed by atoms with E-state index in [9.17, 15) is 14.7 Å². The van der Waals surface area contributed by atoms with Crippen LogP contribution >= 0.6 is 0 Å². The Morgan fingerprint density at radius 3 is 2.49 bits per heavy atom. The standard InChI is InChI=1S/C33H34N6O6/c1-2-43-32-34-28-23(18-19-44-33(42)45-24-8-4-3-5-9-24)16-17-27(31(40)41)29(28)39(32)20-21-12-14-22(15-13-21)25-10-6-7-11-26(25)30-35-37-38-36-30/h6-7,10-17,24H,2-5,8-9,18-20H2,1H3,(H,40,41)(H,35,36,37,38). The number of aromatic amines is 1. The zero-order valence-electron chi connectivity index (χ0n) is 24.9. The number of aromatic carboxylic acids is 1. The molecule has 45 heavy (non-hydrogen) atoms. The van der Waals surface area contributed by atoms with Crippen LogP contribution in [-0.2, 0) is 22.4 Å². The van der Waals surface area contributed by atoms with Crippen LogP contribution in [0.25, 0.3) is 33.5 Å². The van der Waals surface area contributed by atoms with E-state index in [0.717, 1.165) is 59.9 Å². The number of hydrogen-bond donors (Lipinski definition) is 2. The number of tetrazole rings is 1. The van der Waals surface area contributed by atoms with Gasteiger partial charge in [-0.25, -0.2) is 14.7 Å². The maximum atomic E-state index is 12.3. The van der Waals surface area contributed by atoms with Gasteiger partial charge in [0, 0.05) is 12.0 Å². The lowest BCUT2D eigenvalue weighted by Gasteiger charge is -2.21. The average molecular weight is 611 g/mol. The third kappa shape index (κ3) is 6.64. The highest BCUT2D eigenvalue weighted by molar-refractivity contribution is 6.02. The van der Waals surface area contributed by atoms with Crippen LogP contribution in [0.4, 0.5) is 4.79 Å². The molecule has 0 spiro atoms. The Hall–Kier alpha value is -5.26. The second kappa shape index (κ2) is 13.6. The lowest BCUT2D eigenvalue weighted by Crippen LogP contribution is -2.22. The molecule has 0 saturated heterocycles. The van der Waals surface area contributed by atoms with Gasteiger partial charge < -0.3 is 19.3 Å². The van der Waals surface area contributed by atoms with Crippen molar-refractivity contribution in [1.29, 1.82) is 0 Å². The first-order valence-electron chi connectivity index (χ1n) is 15.2. The summed E-state index contributed by atoms with van der Waals surface area (Å²) >= 11 is 0. The summed E-state index contributed by atoms with van der Waals surface area (Å²) in [7, 11) is 0. The molecule has 1 aliphatic rings. The molecule has 12 heteroatoms. The molecule has 0 aliphatic heterocycles. The van der Waals surface area contributed by atoms with E-state index in [2.05, 4.69) is 20.6 Å². The minimum absolute atomic E-state index is 0.0803. The number of nitrogens with one attached hydrogen (secondary N) is 1. The first kappa shape index (κ1) is 29.8. The van der Waals surface area contributed by atoms with E-state index in [4.69, 9.17) is 19.2 Å². The largest absolute Gasteiger partial charge is 0.508 e. The molecule has 1 aliphatic carbocycles. The summed E-state index contributed by atoms with van der Waals surface area (Å²) in [6.07, 6.45) is 4.56. The quantitative estimate of drug-likeness (QED) is 0.169. The number of carbonyl (C=O) groups excluding carboxylic acids is 1. The number of aromatic nitrogens is 6. The van der Waals surface area contributed by atoms with E-state index in [1.807, 2.05) is 55.5 Å². The van der Waals surface area contributed by atoms with Gasteiger partial charge in [0.15, 0.2) is 5.82 Å². The molecular formula is C33H34N6O6. The Balaban J connectivity index is 1.26. The van der Waals surface area contributed by atoms with Gasteiger partial charge in [0.05, 0.1) is 36.4 Å². The fourth-order valence-corrected chi connectivity index (χ4v) is 5.82. The number of rotatable bonds is 11. The number of nitrogens with zero attached hydrogens (tertiary/aromatic N) is 5. The minimum Gasteiger partial charge on any atom is -0.478 e. The van der Waals surface area contributed by atoms with Crippen LogP contribution in [0, 0.1) is 0 Å². The number of fused-ring (bicyclic) bond motifs is 1. The summed E-state index contributed by atoms with van der Waals surface area (Å²) in [6.45, 7) is 2.61. The third-order valence-electron chi connectivity index (χ3n) is 7.99. The van der Waals surface area contributed by atoms with E-state index < -0.39 is 12.1 Å². The van der Waals surface area contributed by atoms with Crippen molar-refractivity contribution in [3.8, 4) is 28.5 Å². The highest BCUT2D eigenvalue weighted by atomic mass is 16.7. The van der Waals surface area contributed by atoms with Crippen molar-refractivity contribution in [3.63, 3.8) is 0 Å². The van der Waals surface area contributed by atoms with Gasteiger partial charge in [-0.05, 0) is 71.4 Å². The van der Waals surface area contributed by atoms with E-state index in [0.29, 0.717) is 42.4 Å². The Kier molecular flexibility index (Phi) is 8.99. The van der Waals surface area contributed by atoms with Gasteiger partial charge in [-0.2, -0.15) is 4.98 Å². The van der Waals surface area contributed by atoms with Gasteiger partial charge in [0.2, 0.25) is 0 Å². The highest BCUT2D eigenvalue weighted by Crippen LogP contribution is 2.32. The second-order valence-corrected chi connectivity index (χ2v) is 10.9. The predicted octanol–water partition coefficient (Wildman–Crippen LogP) is 6.06. The fraction of sp³-hybridized carbons (Fsp3) is 0.333. The fourth-order valence-electron chi connectivity index (χ4n) is 5.82. The predicted molar refractivity (Wildman–Crippen MR) is 165 cm³/mol. The molecule has 0 unspecified atom stereocenters. The second-order valence-electron chi connectivity index (χ2n) is 10.9. The zero-order chi connectivity index (χ0) is 31.2. The summed E-state index contributed by atoms with van der Waals surface area (Å²) in [5.74, 6) is -0.499. The van der Waals surface area contributed by atoms with Crippen molar-refractivity contribution in [2.75, 3.05) is 13.2 Å². The highest BCUT2D eigenvalue weighted by Gasteiger charge is 2.23. The normalized spacial score (nSPS) is 13.5. The Morgan fingerprint density at radius 1 is 1.00 bits per heavy atom. The van der Waals surface area contributed by atoms with Gasteiger partial charge in [0.1, 0.15) is 6.10 Å². The van der Waals surface area contributed by atoms with Gasteiger partial charge >= 0.3 is 12.1 Å². The van der Waals surface area contributed by atoms with Crippen LogP contribution in [0.5, 0.6) is 6.01 Å². The summed E-state index contributed by atoms with van der Waals surface area (Å²) in [6, 6.07) is 19.4. The SMILES string of the molecule is CCOc1nc2c(CCOC(=O)OC3CCCCC3)ccc(C(=O)O)c2n1Cc1ccc(-c2ccccc2-c2nnn[nH]2)cc1. The molecule has 0 radical (unpaired) electrons. The van der Waals surface area contributed by atoms with Crippen LogP contribution in [-0.4, -0.2) is 66.7 Å². The van der Waals surface area contributed by atoms with Gasteiger partial charge in [0.25, 0.3) is 6.01 Å². The number of benzene rings is 3. The maximum absolute atomic E-state index is 12.3. The molecule has 1 saturated carbocycles. The number of hydrogen-bond acceptors (Lipinski definition) is 9. The van der Waals surface area contributed by atoms with Crippen LogP contribution in [0.15, 0.2) is 60.7 Å². The Morgan fingerprint density at radius 2 is 1.78 bits per heavy atom. The topological polar surface area (TPSA) is 154 Å². The van der Waals surface area contributed by atoms with Crippen molar-refractivity contribution in [3.05, 3.63) is 77.4 Å². The Bertz CT molecular complexity index is 1780. The molecule has 0 atom stereocenters. The zero-order valence-corrected chi connectivity index (χ0v) is 24.9. The first-order valence-corrected chi connectivity index (χ1v) is 15.2. The molecule has 12 nitrogen and oxygen atoms in total. The monoisotopic (exact) mass is 610 g/mol. The molecule has 0 amide bonds. The molecule has 1 fully saturated rings. The smallest absolute Gasteiger partial charge is 0.478 e. The minimum atomic E-state index is -1.07. The molecule has 5 aromatic rings. The molecule has 232 valence electrons. The number of H-pyrrole nitrogens is 1. The molecular weight excluding hydrogens is 576 g/mol. The van der Waals surface area contributed by atoms with E-state index in [1.165, 1.54) is 0 Å². The average Bonchev–Trinajstić information content (AvgIpc) is 3.71. The number of carbonyl (C=O) groups is 2. The van der Waals surface area contributed by atoms with Crippen molar-refractivity contribution in [1.82, 2.24) is 30.2 Å². The lowest BCUT2D eigenvalue weighted by atomic mass is 9.98. The first-order chi connectivity index (χ1) is 22.0. The van der Waals surface area contributed by atoms with Crippen LogP contribution in [0.3, 0.4) is 0 Å². The molecule has 2 heterocycles. The van der Waals surface area contributed by atoms with E-state index in [1.54, 1.807) is 16.7 Å². The van der Waals surface area contributed by atoms with Crippen molar-refractivity contribution < 1.29 is 28.9 Å². The lowest BCUT2D eigenvalue weighted by molar-refractivity contribution is 0.0118. The van der Waals surface area contributed by atoms with E-state index >= 15 is 0 Å². The van der Waals surface area contributed by atoms with Gasteiger partial charge in [-0.15, -0.1) is 5.10 Å².